The van der Waals surface area contributed by atoms with Crippen LogP contribution in [-0.4, -0.2) is 50.1 Å². The fraction of sp³-hybridized carbons (Fsp3) is 0.353. The molecule has 1 aliphatic heterocycles. The second-order valence-electron chi connectivity index (χ2n) is 5.09. The first-order valence-electron chi connectivity index (χ1n) is 7.45. The van der Waals surface area contributed by atoms with Crippen LogP contribution in [0.25, 0.3) is 6.08 Å². The van der Waals surface area contributed by atoms with Gasteiger partial charge >= 0.3 is 5.97 Å². The quantitative estimate of drug-likeness (QED) is 0.578. The molecule has 1 aliphatic rings. The van der Waals surface area contributed by atoms with Gasteiger partial charge in [0.05, 0.1) is 14.2 Å². The summed E-state index contributed by atoms with van der Waals surface area (Å²) >= 11 is 0. The number of imide groups is 1. The smallest absolute Gasteiger partial charge is 0.331 e. The van der Waals surface area contributed by atoms with E-state index in [1.165, 1.54) is 26.4 Å². The van der Waals surface area contributed by atoms with Crippen molar-refractivity contribution in [3.63, 3.8) is 0 Å². The molecule has 1 saturated heterocycles. The second kappa shape index (κ2) is 8.14. The summed E-state index contributed by atoms with van der Waals surface area (Å²) < 4.78 is 15.2. The SMILES string of the molecule is COc1ccc(OC)c(/C=C/C(=O)OCC(=O)N2CCCC2=O)c1. The van der Waals surface area contributed by atoms with Gasteiger partial charge in [-0.05, 0) is 30.7 Å². The standard InChI is InChI=1S/C17H19NO6/c1-22-13-6-7-14(23-2)12(10-13)5-8-17(21)24-11-16(20)18-9-3-4-15(18)19/h5-8,10H,3-4,9,11H2,1-2H3/b8-5+. The van der Waals surface area contributed by atoms with Crippen LogP contribution in [0.15, 0.2) is 24.3 Å². The highest BCUT2D eigenvalue weighted by molar-refractivity contribution is 5.98. The molecule has 0 radical (unpaired) electrons. The molecule has 1 heterocycles. The van der Waals surface area contributed by atoms with Crippen LogP contribution in [0.2, 0.25) is 0 Å². The molecule has 1 fully saturated rings. The first-order chi connectivity index (χ1) is 11.5. The Labute approximate surface area is 139 Å². The number of likely N-dealkylation sites (tertiary alicyclic amines) is 1. The van der Waals surface area contributed by atoms with E-state index in [1.54, 1.807) is 18.2 Å². The van der Waals surface area contributed by atoms with Gasteiger partial charge < -0.3 is 14.2 Å². The Bertz CT molecular complexity index is 667. The van der Waals surface area contributed by atoms with E-state index in [9.17, 15) is 14.4 Å². The Hall–Kier alpha value is -2.83. The van der Waals surface area contributed by atoms with Gasteiger partial charge in [0.25, 0.3) is 5.91 Å². The van der Waals surface area contributed by atoms with Gasteiger partial charge in [0.15, 0.2) is 6.61 Å². The molecule has 0 aromatic heterocycles. The zero-order valence-electron chi connectivity index (χ0n) is 13.6. The third-order valence-corrected chi connectivity index (χ3v) is 3.55. The highest BCUT2D eigenvalue weighted by atomic mass is 16.5. The van der Waals surface area contributed by atoms with Crippen LogP contribution in [0.3, 0.4) is 0 Å². The van der Waals surface area contributed by atoms with Gasteiger partial charge in [0.2, 0.25) is 5.91 Å². The maximum absolute atomic E-state index is 11.8. The zero-order chi connectivity index (χ0) is 17.5. The van der Waals surface area contributed by atoms with Gasteiger partial charge in [0, 0.05) is 24.6 Å². The van der Waals surface area contributed by atoms with Crippen molar-refractivity contribution in [2.45, 2.75) is 12.8 Å². The second-order valence-corrected chi connectivity index (χ2v) is 5.09. The average Bonchev–Trinajstić information content (AvgIpc) is 3.03. The zero-order valence-corrected chi connectivity index (χ0v) is 13.6. The lowest BCUT2D eigenvalue weighted by Crippen LogP contribution is -2.35. The van der Waals surface area contributed by atoms with Crippen LogP contribution in [-0.2, 0) is 19.1 Å². The summed E-state index contributed by atoms with van der Waals surface area (Å²) in [5.41, 5.74) is 0.634. The molecule has 0 unspecified atom stereocenters. The molecule has 24 heavy (non-hydrogen) atoms. The van der Waals surface area contributed by atoms with Crippen LogP contribution < -0.4 is 9.47 Å². The third kappa shape index (κ3) is 4.34. The Kier molecular flexibility index (Phi) is 5.95. The van der Waals surface area contributed by atoms with Crippen molar-refractivity contribution in [1.82, 2.24) is 4.90 Å². The number of amides is 2. The van der Waals surface area contributed by atoms with E-state index >= 15 is 0 Å². The molecule has 0 spiro atoms. The third-order valence-electron chi connectivity index (χ3n) is 3.55. The van der Waals surface area contributed by atoms with Crippen molar-refractivity contribution in [3.05, 3.63) is 29.8 Å². The van der Waals surface area contributed by atoms with E-state index in [-0.39, 0.29) is 5.91 Å². The summed E-state index contributed by atoms with van der Waals surface area (Å²) in [6, 6.07) is 5.16. The minimum Gasteiger partial charge on any atom is -0.497 e. The lowest BCUT2D eigenvalue weighted by molar-refractivity contribution is -0.151. The molecule has 2 rings (SSSR count). The molecule has 7 heteroatoms. The predicted octanol–water partition coefficient (Wildman–Crippen LogP) is 1.41. The van der Waals surface area contributed by atoms with E-state index in [0.717, 1.165) is 4.90 Å². The summed E-state index contributed by atoms with van der Waals surface area (Å²) in [5.74, 6) is -0.226. The lowest BCUT2D eigenvalue weighted by Gasteiger charge is -2.12. The number of rotatable bonds is 6. The van der Waals surface area contributed by atoms with Crippen LogP contribution in [0.5, 0.6) is 11.5 Å². The fourth-order valence-electron chi connectivity index (χ4n) is 2.30. The normalized spacial score (nSPS) is 14.1. The number of esters is 1. The summed E-state index contributed by atoms with van der Waals surface area (Å²) in [6.07, 6.45) is 3.70. The number of benzene rings is 1. The Morgan fingerprint density at radius 2 is 2.04 bits per heavy atom. The Morgan fingerprint density at radius 1 is 1.25 bits per heavy atom. The molecular formula is C17H19NO6. The molecule has 128 valence electrons. The molecule has 7 nitrogen and oxygen atoms in total. The lowest BCUT2D eigenvalue weighted by atomic mass is 10.1. The van der Waals surface area contributed by atoms with E-state index in [0.29, 0.717) is 36.4 Å². The van der Waals surface area contributed by atoms with Gasteiger partial charge in [-0.25, -0.2) is 4.79 Å². The first-order valence-corrected chi connectivity index (χ1v) is 7.45. The average molecular weight is 333 g/mol. The number of nitrogens with zero attached hydrogens (tertiary/aromatic N) is 1. The van der Waals surface area contributed by atoms with E-state index in [1.807, 2.05) is 0 Å². The van der Waals surface area contributed by atoms with Crippen LogP contribution >= 0.6 is 0 Å². The molecule has 0 bridgehead atoms. The molecule has 0 saturated carbocycles. The van der Waals surface area contributed by atoms with E-state index in [2.05, 4.69) is 0 Å². The van der Waals surface area contributed by atoms with Crippen molar-refractivity contribution in [1.29, 1.82) is 0 Å². The fourth-order valence-corrected chi connectivity index (χ4v) is 2.30. The highest BCUT2D eigenvalue weighted by Gasteiger charge is 2.26. The molecule has 1 aromatic carbocycles. The molecule has 0 N–H and O–H groups in total. The van der Waals surface area contributed by atoms with Crippen molar-refractivity contribution in [2.75, 3.05) is 27.4 Å². The molecule has 1 aromatic rings. The number of hydrogen-bond acceptors (Lipinski definition) is 6. The maximum Gasteiger partial charge on any atom is 0.331 e. The van der Waals surface area contributed by atoms with Crippen LogP contribution in [0.4, 0.5) is 0 Å². The van der Waals surface area contributed by atoms with Crippen LogP contribution in [0, 0.1) is 0 Å². The highest BCUT2D eigenvalue weighted by Crippen LogP contribution is 2.25. The summed E-state index contributed by atoms with van der Waals surface area (Å²) in [7, 11) is 3.05. The molecule has 0 atom stereocenters. The maximum atomic E-state index is 11.8. The topological polar surface area (TPSA) is 82.1 Å². The summed E-state index contributed by atoms with van der Waals surface area (Å²) in [6.45, 7) is -0.0732. The van der Waals surface area contributed by atoms with Gasteiger partial charge in [0.1, 0.15) is 11.5 Å². The summed E-state index contributed by atoms with van der Waals surface area (Å²) in [5, 5.41) is 0. The number of ether oxygens (including phenoxy) is 3. The monoisotopic (exact) mass is 333 g/mol. The van der Waals surface area contributed by atoms with E-state index < -0.39 is 18.5 Å². The molecule has 2 amide bonds. The van der Waals surface area contributed by atoms with Gasteiger partial charge in [-0.15, -0.1) is 0 Å². The summed E-state index contributed by atoms with van der Waals surface area (Å²) in [4.78, 5) is 36.1. The number of carbonyl (C=O) groups is 3. The largest absolute Gasteiger partial charge is 0.497 e. The van der Waals surface area contributed by atoms with Gasteiger partial charge in [-0.1, -0.05) is 0 Å². The van der Waals surface area contributed by atoms with Crippen molar-refractivity contribution < 1.29 is 28.6 Å². The Morgan fingerprint density at radius 3 is 2.67 bits per heavy atom. The van der Waals surface area contributed by atoms with Gasteiger partial charge in [-0.3, -0.25) is 14.5 Å². The minimum atomic E-state index is -0.681. The van der Waals surface area contributed by atoms with Crippen molar-refractivity contribution in [3.8, 4) is 11.5 Å². The van der Waals surface area contributed by atoms with Crippen molar-refractivity contribution >= 4 is 23.9 Å². The molecule has 0 aliphatic carbocycles. The molecular weight excluding hydrogens is 314 g/mol. The number of carbonyl (C=O) groups excluding carboxylic acids is 3. The van der Waals surface area contributed by atoms with E-state index in [4.69, 9.17) is 14.2 Å². The van der Waals surface area contributed by atoms with Crippen LogP contribution in [0.1, 0.15) is 18.4 Å². The number of hydrogen-bond donors (Lipinski definition) is 0. The Balaban J connectivity index is 1.93. The number of methoxy groups -OCH3 is 2. The minimum absolute atomic E-state index is 0.229. The van der Waals surface area contributed by atoms with Gasteiger partial charge in [-0.2, -0.15) is 0 Å². The van der Waals surface area contributed by atoms with Crippen molar-refractivity contribution in [2.24, 2.45) is 0 Å². The predicted molar refractivity (Wildman–Crippen MR) is 85.5 cm³/mol. The first kappa shape index (κ1) is 17.5.